The number of rotatable bonds is 5. The highest BCUT2D eigenvalue weighted by atomic mass is 35.5. The first-order valence-corrected chi connectivity index (χ1v) is 6.31. The number of ether oxygens (including phenoxy) is 1. The summed E-state index contributed by atoms with van der Waals surface area (Å²) >= 11 is 5.84. The van der Waals surface area contributed by atoms with Crippen molar-refractivity contribution in [2.24, 2.45) is 0 Å². The van der Waals surface area contributed by atoms with Crippen LogP contribution in [0.15, 0.2) is 28.9 Å². The van der Waals surface area contributed by atoms with Gasteiger partial charge < -0.3 is 19.6 Å². The van der Waals surface area contributed by atoms with E-state index >= 15 is 0 Å². The number of aromatic nitrogens is 1. The van der Waals surface area contributed by atoms with Gasteiger partial charge in [-0.25, -0.2) is 9.59 Å². The molecule has 7 nitrogen and oxygen atoms in total. The highest BCUT2D eigenvalue weighted by Gasteiger charge is 2.14. The number of hydrogen-bond acceptors (Lipinski definition) is 6. The first-order chi connectivity index (χ1) is 10.0. The molecular weight excluding hydrogens is 300 g/mol. The van der Waals surface area contributed by atoms with E-state index in [1.807, 2.05) is 0 Å². The number of nitrogens with zero attached hydrogens (tertiary/aromatic N) is 1. The minimum atomic E-state index is -1.12. The number of carboxylic acids is 1. The van der Waals surface area contributed by atoms with E-state index in [4.69, 9.17) is 25.9 Å². The summed E-state index contributed by atoms with van der Waals surface area (Å²) in [7, 11) is 0. The molecule has 0 spiro atoms. The summed E-state index contributed by atoms with van der Waals surface area (Å²) in [4.78, 5) is 26.2. The lowest BCUT2D eigenvalue weighted by Crippen LogP contribution is -2.05. The van der Waals surface area contributed by atoms with Crippen molar-refractivity contribution < 1.29 is 23.8 Å². The summed E-state index contributed by atoms with van der Waals surface area (Å²) < 4.78 is 9.85. The van der Waals surface area contributed by atoms with Crippen LogP contribution in [0.25, 0.3) is 0 Å². The average Bonchev–Trinajstić information content (AvgIpc) is 2.87. The Morgan fingerprint density at radius 2 is 2.24 bits per heavy atom. The van der Waals surface area contributed by atoms with Crippen molar-refractivity contribution in [2.45, 2.75) is 6.92 Å². The molecule has 0 bridgehead atoms. The van der Waals surface area contributed by atoms with Crippen molar-refractivity contribution in [1.82, 2.24) is 4.98 Å². The van der Waals surface area contributed by atoms with Crippen LogP contribution in [-0.2, 0) is 4.74 Å². The van der Waals surface area contributed by atoms with Crippen LogP contribution in [-0.4, -0.2) is 28.6 Å². The molecule has 0 atom stereocenters. The Morgan fingerprint density at radius 1 is 1.48 bits per heavy atom. The fourth-order valence-corrected chi connectivity index (χ4v) is 1.78. The largest absolute Gasteiger partial charge is 0.478 e. The highest BCUT2D eigenvalue weighted by molar-refractivity contribution is 6.33. The monoisotopic (exact) mass is 310 g/mol. The molecule has 0 aliphatic rings. The predicted molar refractivity (Wildman–Crippen MR) is 74.2 cm³/mol. The molecule has 1 aromatic heterocycles. The number of carbonyl (C=O) groups is 2. The van der Waals surface area contributed by atoms with E-state index in [-0.39, 0.29) is 28.9 Å². The molecule has 0 amide bonds. The number of oxazole rings is 1. The van der Waals surface area contributed by atoms with Crippen LogP contribution in [0.4, 0.5) is 11.7 Å². The molecule has 0 unspecified atom stereocenters. The number of anilines is 2. The number of halogens is 1. The molecule has 8 heteroatoms. The number of nitrogens with one attached hydrogen (secondary N) is 1. The van der Waals surface area contributed by atoms with Gasteiger partial charge in [-0.2, -0.15) is 4.98 Å². The molecule has 2 N–H and O–H groups in total. The fourth-order valence-electron chi connectivity index (χ4n) is 1.52. The minimum absolute atomic E-state index is 0.0122. The van der Waals surface area contributed by atoms with E-state index in [1.54, 1.807) is 6.92 Å². The lowest BCUT2D eigenvalue weighted by Gasteiger charge is -2.04. The van der Waals surface area contributed by atoms with Crippen molar-refractivity contribution in [3.63, 3.8) is 0 Å². The second-order valence-electron chi connectivity index (χ2n) is 3.88. The second-order valence-corrected chi connectivity index (χ2v) is 4.29. The molecule has 0 saturated carbocycles. The van der Waals surface area contributed by atoms with E-state index in [0.29, 0.717) is 5.69 Å². The number of carboxylic acid groups (broad SMARTS) is 1. The van der Waals surface area contributed by atoms with Crippen molar-refractivity contribution in [2.75, 3.05) is 11.9 Å². The zero-order valence-electron chi connectivity index (χ0n) is 10.9. The molecular formula is C13H11ClN2O5. The number of carbonyl (C=O) groups excluding carboxylic acids is 1. The molecule has 0 fully saturated rings. The van der Waals surface area contributed by atoms with Crippen LogP contribution >= 0.6 is 11.6 Å². The van der Waals surface area contributed by atoms with E-state index in [0.717, 1.165) is 6.26 Å². The summed E-state index contributed by atoms with van der Waals surface area (Å²) in [6.07, 6.45) is 1.16. The van der Waals surface area contributed by atoms with Gasteiger partial charge in [-0.3, -0.25) is 0 Å². The molecule has 21 heavy (non-hydrogen) atoms. The van der Waals surface area contributed by atoms with Gasteiger partial charge in [0.25, 0.3) is 6.01 Å². The zero-order chi connectivity index (χ0) is 15.4. The molecule has 1 aromatic carbocycles. The Bertz CT molecular complexity index is 683. The highest BCUT2D eigenvalue weighted by Crippen LogP contribution is 2.23. The molecule has 1 heterocycles. The van der Waals surface area contributed by atoms with Gasteiger partial charge in [0.05, 0.1) is 17.2 Å². The van der Waals surface area contributed by atoms with E-state index < -0.39 is 11.9 Å². The molecule has 0 radical (unpaired) electrons. The van der Waals surface area contributed by atoms with Gasteiger partial charge in [0.2, 0.25) is 0 Å². The maximum atomic E-state index is 11.4. The summed E-state index contributed by atoms with van der Waals surface area (Å²) in [6, 6.07) is 4.34. The SMILES string of the molecule is CCOC(=O)c1coc(Nc2ccc(C(=O)O)c(Cl)c2)n1. The molecule has 2 rings (SSSR count). The molecule has 110 valence electrons. The summed E-state index contributed by atoms with van der Waals surface area (Å²) in [6.45, 7) is 1.92. The zero-order valence-corrected chi connectivity index (χ0v) is 11.7. The summed E-state index contributed by atoms with van der Waals surface area (Å²) in [5.41, 5.74) is 0.497. The summed E-state index contributed by atoms with van der Waals surface area (Å²) in [5.74, 6) is -1.71. The standard InChI is InChI=1S/C13H11ClN2O5/c1-2-20-12(19)10-6-21-13(16-10)15-7-3-4-8(11(17)18)9(14)5-7/h3-6H,2H2,1H3,(H,15,16)(H,17,18). The molecule has 0 saturated heterocycles. The fraction of sp³-hybridized carbons (Fsp3) is 0.154. The van der Waals surface area contributed by atoms with Crippen LogP contribution < -0.4 is 5.32 Å². The van der Waals surface area contributed by atoms with Crippen LogP contribution in [0.5, 0.6) is 0 Å². The Morgan fingerprint density at radius 3 is 2.86 bits per heavy atom. The predicted octanol–water partition coefficient (Wildman–Crippen LogP) is 2.95. The van der Waals surface area contributed by atoms with Gasteiger partial charge in [-0.15, -0.1) is 0 Å². The van der Waals surface area contributed by atoms with Crippen LogP contribution in [0, 0.1) is 0 Å². The van der Waals surface area contributed by atoms with E-state index in [2.05, 4.69) is 10.3 Å². The molecule has 2 aromatic rings. The average molecular weight is 311 g/mol. The normalized spacial score (nSPS) is 10.2. The van der Waals surface area contributed by atoms with Crippen LogP contribution in [0.3, 0.4) is 0 Å². The van der Waals surface area contributed by atoms with Gasteiger partial charge in [0.15, 0.2) is 5.69 Å². The Hall–Kier alpha value is -2.54. The third-order valence-electron chi connectivity index (χ3n) is 2.44. The Kier molecular flexibility index (Phi) is 4.44. The van der Waals surface area contributed by atoms with Crippen LogP contribution in [0.1, 0.15) is 27.8 Å². The van der Waals surface area contributed by atoms with Gasteiger partial charge in [-0.1, -0.05) is 11.6 Å². The van der Waals surface area contributed by atoms with Gasteiger partial charge >= 0.3 is 11.9 Å². The number of benzene rings is 1. The lowest BCUT2D eigenvalue weighted by atomic mass is 10.2. The smallest absolute Gasteiger partial charge is 0.360 e. The number of esters is 1. The van der Waals surface area contributed by atoms with Crippen molar-refractivity contribution in [3.05, 3.63) is 40.7 Å². The molecule has 0 aliphatic heterocycles. The van der Waals surface area contributed by atoms with E-state index in [9.17, 15) is 9.59 Å². The van der Waals surface area contributed by atoms with Gasteiger partial charge in [0, 0.05) is 5.69 Å². The lowest BCUT2D eigenvalue weighted by molar-refractivity contribution is 0.0519. The maximum absolute atomic E-state index is 11.4. The van der Waals surface area contributed by atoms with E-state index in [1.165, 1.54) is 18.2 Å². The third kappa shape index (κ3) is 3.51. The Balaban J connectivity index is 2.14. The minimum Gasteiger partial charge on any atom is -0.478 e. The second kappa shape index (κ2) is 6.27. The maximum Gasteiger partial charge on any atom is 0.360 e. The van der Waals surface area contributed by atoms with Gasteiger partial charge in [-0.05, 0) is 25.1 Å². The quantitative estimate of drug-likeness (QED) is 0.818. The van der Waals surface area contributed by atoms with Crippen molar-refractivity contribution >= 4 is 35.2 Å². The number of hydrogen-bond donors (Lipinski definition) is 2. The number of aromatic carboxylic acids is 1. The Labute approximate surface area is 124 Å². The van der Waals surface area contributed by atoms with Crippen molar-refractivity contribution in [1.29, 1.82) is 0 Å². The molecule has 0 aliphatic carbocycles. The topological polar surface area (TPSA) is 102 Å². The van der Waals surface area contributed by atoms with Crippen molar-refractivity contribution in [3.8, 4) is 0 Å². The first kappa shape index (κ1) is 14.9. The van der Waals surface area contributed by atoms with Gasteiger partial charge in [0.1, 0.15) is 6.26 Å². The first-order valence-electron chi connectivity index (χ1n) is 5.93. The summed E-state index contributed by atoms with van der Waals surface area (Å²) in [5, 5.41) is 11.7. The van der Waals surface area contributed by atoms with Crippen LogP contribution in [0.2, 0.25) is 5.02 Å². The third-order valence-corrected chi connectivity index (χ3v) is 2.75.